The number of hydrogen-bond acceptors (Lipinski definition) is 1. The van der Waals surface area contributed by atoms with Gasteiger partial charge in [0.1, 0.15) is 17.3 Å². The van der Waals surface area contributed by atoms with Crippen LogP contribution in [0.4, 0.5) is 13.2 Å². The molecule has 90 valence electrons. The van der Waals surface area contributed by atoms with Gasteiger partial charge >= 0.3 is 0 Å². The van der Waals surface area contributed by atoms with E-state index in [-0.39, 0.29) is 24.4 Å². The molecule has 0 aromatic heterocycles. The minimum Gasteiger partial charge on any atom is -0.328 e. The molecule has 0 radical (unpaired) electrons. The number of rotatable bonds is 4. The fourth-order valence-electron chi connectivity index (χ4n) is 1.51. The maximum absolute atomic E-state index is 14.2. The fraction of sp³-hybridized carbons (Fsp3) is 0.500. The summed E-state index contributed by atoms with van der Waals surface area (Å²) in [4.78, 5) is 0. The molecule has 1 unspecified atom stereocenters. The molecule has 16 heavy (non-hydrogen) atoms. The molecule has 0 fully saturated rings. The largest absolute Gasteiger partial charge is 0.328 e. The Balaban J connectivity index is 2.98. The van der Waals surface area contributed by atoms with Crippen LogP contribution in [-0.4, -0.2) is 12.2 Å². The number of hydrogen-bond donors (Lipinski definition) is 1. The first kappa shape index (κ1) is 13.0. The van der Waals surface area contributed by atoms with E-state index < -0.39 is 17.3 Å². The second-order valence-corrected chi connectivity index (χ2v) is 4.31. The van der Waals surface area contributed by atoms with Gasteiger partial charge in [-0.1, -0.05) is 13.8 Å². The lowest BCUT2D eigenvalue weighted by molar-refractivity contribution is 0.109. The summed E-state index contributed by atoms with van der Waals surface area (Å²) in [6, 6.07) is 3.03. The summed E-state index contributed by atoms with van der Waals surface area (Å²) in [7, 11) is 0. The van der Waals surface area contributed by atoms with Crippen LogP contribution in [0.25, 0.3) is 0 Å². The Morgan fingerprint density at radius 1 is 1.31 bits per heavy atom. The Morgan fingerprint density at radius 3 is 2.44 bits per heavy atom. The molecule has 1 nitrogen and oxygen atoms in total. The predicted octanol–water partition coefficient (Wildman–Crippen LogP) is 2.83. The first-order valence-electron chi connectivity index (χ1n) is 5.22. The monoisotopic (exact) mass is 231 g/mol. The van der Waals surface area contributed by atoms with Crippen molar-refractivity contribution in [1.29, 1.82) is 0 Å². The van der Waals surface area contributed by atoms with Gasteiger partial charge in [-0.25, -0.2) is 13.2 Å². The average molecular weight is 231 g/mol. The number of halogens is 3. The highest BCUT2D eigenvalue weighted by Crippen LogP contribution is 2.27. The Labute approximate surface area is 93.5 Å². The fourth-order valence-corrected chi connectivity index (χ4v) is 1.51. The topological polar surface area (TPSA) is 26.0 Å². The quantitative estimate of drug-likeness (QED) is 0.847. The van der Waals surface area contributed by atoms with Crippen LogP contribution in [0.2, 0.25) is 0 Å². The summed E-state index contributed by atoms with van der Waals surface area (Å²) in [6.45, 7) is 3.13. The van der Waals surface area contributed by atoms with Crippen molar-refractivity contribution < 1.29 is 13.2 Å². The molecule has 0 bridgehead atoms. The lowest BCUT2D eigenvalue weighted by Crippen LogP contribution is -2.40. The molecule has 0 spiro atoms. The molecule has 0 amide bonds. The van der Waals surface area contributed by atoms with Crippen LogP contribution < -0.4 is 5.73 Å². The third kappa shape index (κ3) is 2.76. The van der Waals surface area contributed by atoms with Crippen molar-refractivity contribution in [1.82, 2.24) is 0 Å². The second-order valence-electron chi connectivity index (χ2n) is 4.31. The number of nitrogens with two attached hydrogens (primary N) is 1. The van der Waals surface area contributed by atoms with Crippen molar-refractivity contribution in [3.05, 3.63) is 35.4 Å². The van der Waals surface area contributed by atoms with Gasteiger partial charge in [0.15, 0.2) is 0 Å². The molecule has 0 aliphatic heterocycles. The third-order valence-electron chi connectivity index (χ3n) is 2.87. The van der Waals surface area contributed by atoms with Gasteiger partial charge in [0, 0.05) is 13.0 Å². The van der Waals surface area contributed by atoms with E-state index in [1.807, 2.05) is 0 Å². The van der Waals surface area contributed by atoms with Crippen molar-refractivity contribution in [3.63, 3.8) is 0 Å². The van der Waals surface area contributed by atoms with E-state index in [2.05, 4.69) is 0 Å². The molecule has 2 N–H and O–H groups in total. The summed E-state index contributed by atoms with van der Waals surface area (Å²) in [6.07, 6.45) is -0.204. The Morgan fingerprint density at radius 2 is 1.94 bits per heavy atom. The molecule has 1 aromatic rings. The summed E-state index contributed by atoms with van der Waals surface area (Å²) < 4.78 is 40.5. The van der Waals surface area contributed by atoms with Crippen molar-refractivity contribution in [2.75, 3.05) is 6.54 Å². The van der Waals surface area contributed by atoms with Gasteiger partial charge in [-0.3, -0.25) is 0 Å². The Kier molecular flexibility index (Phi) is 3.97. The minimum atomic E-state index is -1.70. The van der Waals surface area contributed by atoms with Gasteiger partial charge in [0.05, 0.1) is 0 Å². The molecule has 0 saturated carbocycles. The SMILES string of the molecule is CC(C)C(F)(CN)Cc1cc(F)ccc1F. The molecule has 0 aliphatic rings. The molecular formula is C12H16F3N. The highest BCUT2D eigenvalue weighted by atomic mass is 19.1. The zero-order valence-electron chi connectivity index (χ0n) is 9.43. The molecule has 0 aliphatic carbocycles. The van der Waals surface area contributed by atoms with Crippen LogP contribution in [0.15, 0.2) is 18.2 Å². The maximum Gasteiger partial charge on any atom is 0.129 e. The number of alkyl halides is 1. The third-order valence-corrected chi connectivity index (χ3v) is 2.87. The van der Waals surface area contributed by atoms with Crippen LogP contribution >= 0.6 is 0 Å². The van der Waals surface area contributed by atoms with E-state index >= 15 is 0 Å². The van der Waals surface area contributed by atoms with Gasteiger partial charge in [0.25, 0.3) is 0 Å². The van der Waals surface area contributed by atoms with Crippen LogP contribution in [0.3, 0.4) is 0 Å². The molecule has 0 saturated heterocycles. The van der Waals surface area contributed by atoms with Crippen molar-refractivity contribution >= 4 is 0 Å². The van der Waals surface area contributed by atoms with E-state index in [9.17, 15) is 13.2 Å². The highest BCUT2D eigenvalue weighted by molar-refractivity contribution is 5.21. The Bertz CT molecular complexity index is 365. The average Bonchev–Trinajstić information content (AvgIpc) is 2.23. The number of benzene rings is 1. The van der Waals surface area contributed by atoms with E-state index in [4.69, 9.17) is 5.73 Å². The van der Waals surface area contributed by atoms with Crippen molar-refractivity contribution in [2.24, 2.45) is 11.7 Å². The Hall–Kier alpha value is -1.03. The van der Waals surface area contributed by atoms with Crippen LogP contribution in [0, 0.1) is 17.6 Å². The zero-order valence-corrected chi connectivity index (χ0v) is 9.43. The zero-order chi connectivity index (χ0) is 12.3. The first-order chi connectivity index (χ1) is 7.39. The van der Waals surface area contributed by atoms with E-state index in [0.717, 1.165) is 18.2 Å². The van der Waals surface area contributed by atoms with Gasteiger partial charge < -0.3 is 5.73 Å². The van der Waals surface area contributed by atoms with E-state index in [1.165, 1.54) is 0 Å². The van der Waals surface area contributed by atoms with E-state index in [0.29, 0.717) is 0 Å². The molecule has 0 heterocycles. The lowest BCUT2D eigenvalue weighted by Gasteiger charge is -2.28. The highest BCUT2D eigenvalue weighted by Gasteiger charge is 2.33. The summed E-state index contributed by atoms with van der Waals surface area (Å²) in [5.41, 5.74) is 3.68. The van der Waals surface area contributed by atoms with Crippen LogP contribution in [-0.2, 0) is 6.42 Å². The molecule has 4 heteroatoms. The standard InChI is InChI=1S/C12H16F3N/c1-8(2)12(15,7-16)6-9-5-10(13)3-4-11(9)14/h3-5,8H,6-7,16H2,1-2H3. The van der Waals surface area contributed by atoms with E-state index in [1.54, 1.807) is 13.8 Å². The first-order valence-corrected chi connectivity index (χ1v) is 5.22. The maximum atomic E-state index is 14.2. The summed E-state index contributed by atoms with van der Waals surface area (Å²) in [5, 5.41) is 0. The molecule has 1 rings (SSSR count). The van der Waals surface area contributed by atoms with Gasteiger partial charge in [-0.05, 0) is 29.7 Å². The van der Waals surface area contributed by atoms with Crippen molar-refractivity contribution in [3.8, 4) is 0 Å². The van der Waals surface area contributed by atoms with Crippen molar-refractivity contribution in [2.45, 2.75) is 25.9 Å². The predicted molar refractivity (Wildman–Crippen MR) is 57.8 cm³/mol. The van der Waals surface area contributed by atoms with Gasteiger partial charge in [-0.2, -0.15) is 0 Å². The minimum absolute atomic E-state index is 0.0293. The van der Waals surface area contributed by atoms with Gasteiger partial charge in [-0.15, -0.1) is 0 Å². The lowest BCUT2D eigenvalue weighted by atomic mass is 9.86. The van der Waals surface area contributed by atoms with Crippen LogP contribution in [0.5, 0.6) is 0 Å². The molecule has 1 atom stereocenters. The summed E-state index contributed by atoms with van der Waals surface area (Å²) >= 11 is 0. The summed E-state index contributed by atoms with van der Waals surface area (Å²) in [5.74, 6) is -1.52. The van der Waals surface area contributed by atoms with Crippen LogP contribution in [0.1, 0.15) is 19.4 Å². The second kappa shape index (κ2) is 4.87. The molecular weight excluding hydrogens is 215 g/mol. The van der Waals surface area contributed by atoms with Gasteiger partial charge in [0.2, 0.25) is 0 Å². The smallest absolute Gasteiger partial charge is 0.129 e. The molecule has 1 aromatic carbocycles. The normalized spacial score (nSPS) is 15.2.